The Bertz CT molecular complexity index is 1420. The smallest absolute Gasteiger partial charge is 0.407 e. The summed E-state index contributed by atoms with van der Waals surface area (Å²) in [6.07, 6.45) is 1.38. The topological polar surface area (TPSA) is 94.1 Å². The lowest BCUT2D eigenvalue weighted by molar-refractivity contribution is -0.139. The Morgan fingerprint density at radius 2 is 1.68 bits per heavy atom. The number of alkyl carbamates (subject to hydrolysis) is 1. The standard InChI is InChI=1S/C33H39NO6/c1-21(2)29(39-30-17-25-13-9-8-12-24(25)16-27(30)18-31(36)38-7)19-28(22(3)35)26-14-10-11-23(15-26)20-34-32(37)40-33(4,5)6/h8-17,19,21,35H,18,20H2,1-7H3,(H,34,37)/b28-22-,29-19+. The zero-order valence-corrected chi connectivity index (χ0v) is 24.3. The Morgan fingerprint density at radius 1 is 1.00 bits per heavy atom. The molecule has 0 aromatic heterocycles. The predicted molar refractivity (Wildman–Crippen MR) is 158 cm³/mol. The average molecular weight is 546 g/mol. The van der Waals surface area contributed by atoms with E-state index in [9.17, 15) is 14.7 Å². The van der Waals surface area contributed by atoms with E-state index >= 15 is 0 Å². The molecule has 0 aliphatic heterocycles. The zero-order chi connectivity index (χ0) is 29.4. The van der Waals surface area contributed by atoms with Crippen molar-refractivity contribution in [3.63, 3.8) is 0 Å². The van der Waals surface area contributed by atoms with Gasteiger partial charge in [-0.05, 0) is 73.9 Å². The van der Waals surface area contributed by atoms with Gasteiger partial charge in [-0.2, -0.15) is 0 Å². The molecule has 0 saturated carbocycles. The maximum absolute atomic E-state index is 12.2. The number of benzene rings is 3. The van der Waals surface area contributed by atoms with Crippen LogP contribution < -0.4 is 10.1 Å². The highest BCUT2D eigenvalue weighted by atomic mass is 16.6. The Morgan fingerprint density at radius 3 is 2.27 bits per heavy atom. The third-order valence-corrected chi connectivity index (χ3v) is 6.04. The lowest BCUT2D eigenvalue weighted by Crippen LogP contribution is -2.32. The van der Waals surface area contributed by atoms with Crippen LogP contribution in [0.15, 0.2) is 78.3 Å². The van der Waals surface area contributed by atoms with Crippen LogP contribution in [0.4, 0.5) is 4.79 Å². The summed E-state index contributed by atoms with van der Waals surface area (Å²) in [5, 5.41) is 15.4. The molecule has 0 radical (unpaired) electrons. The van der Waals surface area contributed by atoms with Gasteiger partial charge < -0.3 is 24.6 Å². The fourth-order valence-corrected chi connectivity index (χ4v) is 4.04. The maximum atomic E-state index is 12.2. The number of hydrogen-bond donors (Lipinski definition) is 2. The number of aliphatic hydroxyl groups is 1. The zero-order valence-electron chi connectivity index (χ0n) is 24.3. The molecule has 0 saturated heterocycles. The fraction of sp³-hybridized carbons (Fsp3) is 0.333. The summed E-state index contributed by atoms with van der Waals surface area (Å²) < 4.78 is 16.7. The number of nitrogens with one attached hydrogen (secondary N) is 1. The second-order valence-electron chi connectivity index (χ2n) is 10.9. The van der Waals surface area contributed by atoms with Gasteiger partial charge in [0.25, 0.3) is 0 Å². The van der Waals surface area contributed by atoms with Crippen molar-refractivity contribution >= 4 is 28.4 Å². The lowest BCUT2D eigenvalue weighted by Gasteiger charge is -2.20. The van der Waals surface area contributed by atoms with Crippen molar-refractivity contribution in [2.24, 2.45) is 5.92 Å². The highest BCUT2D eigenvalue weighted by Crippen LogP contribution is 2.31. The molecule has 3 rings (SSSR count). The number of amides is 1. The van der Waals surface area contributed by atoms with Crippen LogP contribution in [0.1, 0.15) is 58.2 Å². The molecule has 40 heavy (non-hydrogen) atoms. The summed E-state index contributed by atoms with van der Waals surface area (Å²) in [5.41, 5.74) is 2.31. The van der Waals surface area contributed by atoms with Gasteiger partial charge >= 0.3 is 12.1 Å². The van der Waals surface area contributed by atoms with Crippen LogP contribution >= 0.6 is 0 Å². The van der Waals surface area contributed by atoms with Gasteiger partial charge in [-0.25, -0.2) is 4.79 Å². The number of carbonyl (C=O) groups is 2. The first kappa shape index (κ1) is 30.3. The van der Waals surface area contributed by atoms with Gasteiger partial charge in [-0.15, -0.1) is 0 Å². The first-order chi connectivity index (χ1) is 18.9. The maximum Gasteiger partial charge on any atom is 0.407 e. The van der Waals surface area contributed by atoms with Crippen LogP contribution in [-0.2, 0) is 27.2 Å². The van der Waals surface area contributed by atoms with E-state index in [4.69, 9.17) is 14.2 Å². The molecule has 7 nitrogen and oxygen atoms in total. The largest absolute Gasteiger partial charge is 0.512 e. The molecule has 0 spiro atoms. The second-order valence-corrected chi connectivity index (χ2v) is 10.9. The van der Waals surface area contributed by atoms with Gasteiger partial charge in [0, 0.05) is 23.6 Å². The normalized spacial score (nSPS) is 12.7. The van der Waals surface area contributed by atoms with Crippen LogP contribution in [0.2, 0.25) is 0 Å². The molecule has 2 N–H and O–H groups in total. The number of rotatable bonds is 9. The number of carbonyl (C=O) groups excluding carboxylic acids is 2. The van der Waals surface area contributed by atoms with Gasteiger partial charge in [0.15, 0.2) is 0 Å². The van der Waals surface area contributed by atoms with Crippen LogP contribution in [0.5, 0.6) is 5.75 Å². The Hall–Kier alpha value is -4.26. The number of aliphatic hydroxyl groups excluding tert-OH is 1. The van der Waals surface area contributed by atoms with E-state index < -0.39 is 11.7 Å². The Labute approximate surface area is 236 Å². The summed E-state index contributed by atoms with van der Waals surface area (Å²) in [6.45, 7) is 11.3. The van der Waals surface area contributed by atoms with Crippen molar-refractivity contribution < 1.29 is 28.9 Å². The number of fused-ring (bicyclic) bond motifs is 1. The SMILES string of the molecule is COC(=O)Cc1cc2ccccc2cc1O/C(=C/C(=C(\C)O)c1cccc(CNC(=O)OC(C)(C)C)c1)C(C)C. The second kappa shape index (κ2) is 13.2. The van der Waals surface area contributed by atoms with Crippen molar-refractivity contribution in [2.75, 3.05) is 7.11 Å². The van der Waals surface area contributed by atoms with Crippen molar-refractivity contribution in [3.8, 4) is 5.75 Å². The van der Waals surface area contributed by atoms with Gasteiger partial charge in [0.1, 0.15) is 17.1 Å². The van der Waals surface area contributed by atoms with E-state index in [-0.39, 0.29) is 30.6 Å². The molecule has 0 aliphatic carbocycles. The van der Waals surface area contributed by atoms with E-state index in [1.165, 1.54) is 7.11 Å². The fourth-order valence-electron chi connectivity index (χ4n) is 4.04. The molecule has 0 heterocycles. The first-order valence-electron chi connectivity index (χ1n) is 13.3. The molecule has 0 bridgehead atoms. The summed E-state index contributed by atoms with van der Waals surface area (Å²) >= 11 is 0. The molecule has 0 unspecified atom stereocenters. The van der Waals surface area contributed by atoms with Crippen molar-refractivity contribution in [1.29, 1.82) is 0 Å². The van der Waals surface area contributed by atoms with Gasteiger partial charge in [0.05, 0.1) is 19.3 Å². The third kappa shape index (κ3) is 8.63. The van der Waals surface area contributed by atoms with E-state index in [0.717, 1.165) is 21.9 Å². The first-order valence-corrected chi connectivity index (χ1v) is 13.3. The quantitative estimate of drug-likeness (QED) is 0.164. The monoisotopic (exact) mass is 545 g/mol. The van der Waals surface area contributed by atoms with Crippen LogP contribution in [0.3, 0.4) is 0 Å². The number of hydrogen-bond acceptors (Lipinski definition) is 6. The molecule has 0 aliphatic rings. The van der Waals surface area contributed by atoms with Crippen molar-refractivity contribution in [3.05, 3.63) is 94.9 Å². The molecule has 3 aromatic carbocycles. The molecular weight excluding hydrogens is 506 g/mol. The minimum absolute atomic E-state index is 0.0381. The minimum Gasteiger partial charge on any atom is -0.512 e. The molecule has 212 valence electrons. The molecule has 3 aromatic rings. The Kier molecular flexibility index (Phi) is 9.99. The summed E-state index contributed by atoms with van der Waals surface area (Å²) in [6, 6.07) is 19.3. The van der Waals surface area contributed by atoms with Crippen LogP contribution in [0, 0.1) is 5.92 Å². The van der Waals surface area contributed by atoms with Gasteiger partial charge in [0.2, 0.25) is 0 Å². The predicted octanol–water partition coefficient (Wildman–Crippen LogP) is 7.49. The molecule has 0 atom stereocenters. The van der Waals surface area contributed by atoms with Crippen molar-refractivity contribution in [2.45, 2.75) is 60.1 Å². The van der Waals surface area contributed by atoms with Crippen LogP contribution in [-0.4, -0.2) is 29.9 Å². The minimum atomic E-state index is -0.588. The lowest BCUT2D eigenvalue weighted by atomic mass is 9.99. The van der Waals surface area contributed by atoms with E-state index in [0.29, 0.717) is 22.6 Å². The number of esters is 1. The molecule has 7 heteroatoms. The van der Waals surface area contributed by atoms with Gasteiger partial charge in [-0.1, -0.05) is 56.3 Å². The highest BCUT2D eigenvalue weighted by Gasteiger charge is 2.18. The summed E-state index contributed by atoms with van der Waals surface area (Å²) in [7, 11) is 1.36. The molecular formula is C33H39NO6. The highest BCUT2D eigenvalue weighted by molar-refractivity contribution is 5.87. The Balaban J connectivity index is 1.95. The van der Waals surface area contributed by atoms with E-state index in [1.54, 1.807) is 6.92 Å². The summed E-state index contributed by atoms with van der Waals surface area (Å²) in [5.74, 6) is 0.881. The third-order valence-electron chi connectivity index (χ3n) is 6.04. The van der Waals surface area contributed by atoms with Crippen LogP contribution in [0.25, 0.3) is 16.3 Å². The summed E-state index contributed by atoms with van der Waals surface area (Å²) in [4.78, 5) is 24.3. The van der Waals surface area contributed by atoms with E-state index in [1.807, 2.05) is 101 Å². The van der Waals surface area contributed by atoms with Gasteiger partial charge in [-0.3, -0.25) is 4.79 Å². The van der Waals surface area contributed by atoms with E-state index in [2.05, 4.69) is 5.32 Å². The number of ether oxygens (including phenoxy) is 3. The number of allylic oxidation sites excluding steroid dienone is 4. The molecule has 0 fully saturated rings. The number of methoxy groups -OCH3 is 1. The van der Waals surface area contributed by atoms with Crippen molar-refractivity contribution in [1.82, 2.24) is 5.32 Å². The molecule has 1 amide bonds. The average Bonchev–Trinajstić information content (AvgIpc) is 2.88.